The molecule has 1 aromatic heterocycles. The molecule has 1 aromatic carbocycles. The minimum Gasteiger partial charge on any atom is -0.492 e. The first-order chi connectivity index (χ1) is 8.25. The highest BCUT2D eigenvalue weighted by atomic mass is 16.5. The van der Waals surface area contributed by atoms with E-state index in [0.29, 0.717) is 19.1 Å². The molecule has 0 bridgehead atoms. The number of tetrazole rings is 1. The normalized spacial score (nSPS) is 10.2. The Morgan fingerprint density at radius 3 is 2.76 bits per heavy atom. The Bertz CT molecular complexity index is 466. The van der Waals surface area contributed by atoms with E-state index in [2.05, 4.69) is 20.8 Å². The number of hydrogen-bond acceptors (Lipinski definition) is 6. The molecule has 90 valence electrons. The Morgan fingerprint density at radius 1 is 1.35 bits per heavy atom. The van der Waals surface area contributed by atoms with Crippen LogP contribution in [-0.4, -0.2) is 33.4 Å². The van der Waals surface area contributed by atoms with Gasteiger partial charge in [-0.1, -0.05) is 5.10 Å². The molecule has 0 spiro atoms. The van der Waals surface area contributed by atoms with E-state index in [9.17, 15) is 0 Å². The van der Waals surface area contributed by atoms with Crippen LogP contribution in [0.25, 0.3) is 0 Å². The third-order valence-corrected chi connectivity index (χ3v) is 2.15. The smallest absolute Gasteiger partial charge is 0.242 e. The number of ether oxygens (including phenoxy) is 1. The average molecular weight is 234 g/mol. The van der Waals surface area contributed by atoms with Crippen molar-refractivity contribution in [3.8, 4) is 5.75 Å². The second kappa shape index (κ2) is 5.15. The number of aromatic nitrogens is 4. The van der Waals surface area contributed by atoms with Crippen molar-refractivity contribution < 1.29 is 4.74 Å². The lowest BCUT2D eigenvalue weighted by Crippen LogP contribution is -2.14. The molecule has 0 amide bonds. The minimum absolute atomic E-state index is 0.525. The van der Waals surface area contributed by atoms with Crippen LogP contribution in [0.5, 0.6) is 5.75 Å². The number of hydrogen-bond donors (Lipinski definition) is 2. The SMILES string of the molecule is Cn1nnnc1NCCOc1ccc(N)cc1. The van der Waals surface area contributed by atoms with Crippen LogP contribution in [0, 0.1) is 0 Å². The van der Waals surface area contributed by atoms with Crippen molar-refractivity contribution in [1.82, 2.24) is 20.2 Å². The van der Waals surface area contributed by atoms with E-state index >= 15 is 0 Å². The summed E-state index contributed by atoms with van der Waals surface area (Å²) < 4.78 is 7.06. The van der Waals surface area contributed by atoms with Gasteiger partial charge in [-0.25, -0.2) is 4.68 Å². The second-order valence-electron chi connectivity index (χ2n) is 3.47. The maximum atomic E-state index is 5.57. The molecule has 0 fully saturated rings. The Labute approximate surface area is 98.6 Å². The molecule has 7 nitrogen and oxygen atoms in total. The number of anilines is 2. The van der Waals surface area contributed by atoms with Crippen LogP contribution in [0.1, 0.15) is 0 Å². The Kier molecular flexibility index (Phi) is 3.39. The number of nitrogen functional groups attached to an aromatic ring is 1. The zero-order valence-electron chi connectivity index (χ0n) is 9.50. The van der Waals surface area contributed by atoms with Gasteiger partial charge < -0.3 is 15.8 Å². The fourth-order valence-electron chi connectivity index (χ4n) is 1.27. The van der Waals surface area contributed by atoms with Gasteiger partial charge in [0.05, 0.1) is 6.54 Å². The average Bonchev–Trinajstić information content (AvgIpc) is 2.73. The fraction of sp³-hybridized carbons (Fsp3) is 0.300. The van der Waals surface area contributed by atoms with Crippen LogP contribution in [-0.2, 0) is 7.05 Å². The summed E-state index contributed by atoms with van der Waals surface area (Å²) in [6.07, 6.45) is 0. The molecule has 0 aliphatic rings. The second-order valence-corrected chi connectivity index (χ2v) is 3.47. The summed E-state index contributed by atoms with van der Waals surface area (Å²) in [6.45, 7) is 1.15. The zero-order chi connectivity index (χ0) is 12.1. The first-order valence-corrected chi connectivity index (χ1v) is 5.20. The molecule has 0 atom stereocenters. The molecule has 0 aliphatic heterocycles. The predicted octanol–water partition coefficient (Wildman–Crippen LogP) is 0.283. The van der Waals surface area contributed by atoms with Gasteiger partial charge in [-0.3, -0.25) is 0 Å². The molecule has 2 rings (SSSR count). The maximum Gasteiger partial charge on any atom is 0.242 e. The van der Waals surface area contributed by atoms with Crippen molar-refractivity contribution in [3.05, 3.63) is 24.3 Å². The van der Waals surface area contributed by atoms with Gasteiger partial charge in [0.15, 0.2) is 0 Å². The van der Waals surface area contributed by atoms with Crippen molar-refractivity contribution in [2.45, 2.75) is 0 Å². The topological polar surface area (TPSA) is 90.9 Å². The largest absolute Gasteiger partial charge is 0.492 e. The zero-order valence-corrected chi connectivity index (χ0v) is 9.50. The summed E-state index contributed by atoms with van der Waals surface area (Å²) in [4.78, 5) is 0. The predicted molar refractivity (Wildman–Crippen MR) is 63.6 cm³/mol. The summed E-state index contributed by atoms with van der Waals surface area (Å²) >= 11 is 0. The summed E-state index contributed by atoms with van der Waals surface area (Å²) in [5.74, 6) is 1.41. The quantitative estimate of drug-likeness (QED) is 0.570. The van der Waals surface area contributed by atoms with Crippen molar-refractivity contribution in [2.24, 2.45) is 7.05 Å². The molecule has 0 radical (unpaired) electrons. The highest BCUT2D eigenvalue weighted by molar-refractivity contribution is 5.41. The highest BCUT2D eigenvalue weighted by Crippen LogP contribution is 2.12. The number of rotatable bonds is 5. The Balaban J connectivity index is 1.73. The summed E-state index contributed by atoms with van der Waals surface area (Å²) in [5.41, 5.74) is 6.29. The van der Waals surface area contributed by atoms with Crippen LogP contribution in [0.3, 0.4) is 0 Å². The van der Waals surface area contributed by atoms with Gasteiger partial charge in [-0.2, -0.15) is 0 Å². The molecule has 0 saturated heterocycles. The number of nitrogens with one attached hydrogen (secondary N) is 1. The highest BCUT2D eigenvalue weighted by Gasteiger charge is 1.99. The monoisotopic (exact) mass is 234 g/mol. The van der Waals surface area contributed by atoms with Gasteiger partial charge in [0.1, 0.15) is 12.4 Å². The van der Waals surface area contributed by atoms with Gasteiger partial charge in [-0.05, 0) is 34.7 Å². The summed E-state index contributed by atoms with van der Waals surface area (Å²) in [6, 6.07) is 7.27. The van der Waals surface area contributed by atoms with E-state index in [-0.39, 0.29) is 0 Å². The molecule has 0 unspecified atom stereocenters. The third kappa shape index (κ3) is 3.07. The van der Waals surface area contributed by atoms with E-state index in [1.165, 1.54) is 0 Å². The molecule has 2 aromatic rings. The number of benzene rings is 1. The van der Waals surface area contributed by atoms with Crippen LogP contribution >= 0.6 is 0 Å². The minimum atomic E-state index is 0.525. The third-order valence-electron chi connectivity index (χ3n) is 2.15. The van der Waals surface area contributed by atoms with Crippen molar-refractivity contribution in [1.29, 1.82) is 0 Å². The lowest BCUT2D eigenvalue weighted by molar-refractivity contribution is 0.332. The number of nitrogens with zero attached hydrogens (tertiary/aromatic N) is 4. The number of nitrogens with two attached hydrogens (primary N) is 1. The van der Waals surface area contributed by atoms with Crippen LogP contribution in [0.2, 0.25) is 0 Å². The van der Waals surface area contributed by atoms with Crippen molar-refractivity contribution in [3.63, 3.8) is 0 Å². The van der Waals surface area contributed by atoms with Crippen LogP contribution in [0.4, 0.5) is 11.6 Å². The molecule has 3 N–H and O–H groups in total. The summed E-state index contributed by atoms with van der Waals surface area (Å²) in [7, 11) is 1.77. The summed E-state index contributed by atoms with van der Waals surface area (Å²) in [5, 5.41) is 14.1. The van der Waals surface area contributed by atoms with E-state index in [1.807, 2.05) is 12.1 Å². The van der Waals surface area contributed by atoms with Gasteiger partial charge >= 0.3 is 0 Å². The number of aryl methyl sites for hydroxylation is 1. The molecular formula is C10H14N6O. The lowest BCUT2D eigenvalue weighted by atomic mass is 10.3. The van der Waals surface area contributed by atoms with Crippen LogP contribution in [0.15, 0.2) is 24.3 Å². The van der Waals surface area contributed by atoms with Gasteiger partial charge in [0.2, 0.25) is 5.95 Å². The van der Waals surface area contributed by atoms with E-state index < -0.39 is 0 Å². The fourth-order valence-corrected chi connectivity index (χ4v) is 1.27. The lowest BCUT2D eigenvalue weighted by Gasteiger charge is -2.07. The van der Waals surface area contributed by atoms with Gasteiger partial charge in [-0.15, -0.1) is 0 Å². The first kappa shape index (κ1) is 11.2. The van der Waals surface area contributed by atoms with Gasteiger partial charge in [0, 0.05) is 12.7 Å². The molecule has 0 aliphatic carbocycles. The van der Waals surface area contributed by atoms with E-state index in [0.717, 1.165) is 11.4 Å². The standard InChI is InChI=1S/C10H14N6O/c1-16-10(13-14-15-16)12-6-7-17-9-4-2-8(11)3-5-9/h2-5H,6-7,11H2,1H3,(H,12,13,15). The van der Waals surface area contributed by atoms with Crippen molar-refractivity contribution in [2.75, 3.05) is 24.2 Å². The van der Waals surface area contributed by atoms with E-state index in [1.54, 1.807) is 23.9 Å². The maximum absolute atomic E-state index is 5.57. The van der Waals surface area contributed by atoms with Crippen molar-refractivity contribution >= 4 is 11.6 Å². The molecular weight excluding hydrogens is 220 g/mol. The van der Waals surface area contributed by atoms with Crippen LogP contribution < -0.4 is 15.8 Å². The molecule has 0 saturated carbocycles. The van der Waals surface area contributed by atoms with Gasteiger partial charge in [0.25, 0.3) is 0 Å². The Morgan fingerprint density at radius 2 is 2.12 bits per heavy atom. The molecule has 1 heterocycles. The molecule has 7 heteroatoms. The van der Waals surface area contributed by atoms with E-state index in [4.69, 9.17) is 10.5 Å². The molecule has 17 heavy (non-hydrogen) atoms. The first-order valence-electron chi connectivity index (χ1n) is 5.20. The Hall–Kier alpha value is -2.31.